The van der Waals surface area contributed by atoms with Crippen molar-refractivity contribution in [3.8, 4) is 0 Å². The third-order valence-corrected chi connectivity index (χ3v) is 6.07. The Labute approximate surface area is 159 Å². The van der Waals surface area contributed by atoms with Gasteiger partial charge in [-0.15, -0.1) is 0 Å². The maximum atomic E-state index is 12.6. The van der Waals surface area contributed by atoms with Gasteiger partial charge in [-0.25, -0.2) is 0 Å². The second kappa shape index (κ2) is 7.75. The molecule has 27 heavy (non-hydrogen) atoms. The fourth-order valence-electron chi connectivity index (χ4n) is 4.69. The molecule has 2 heterocycles. The van der Waals surface area contributed by atoms with E-state index in [0.717, 1.165) is 41.5 Å². The molecule has 1 aromatic heterocycles. The largest absolute Gasteiger partial charge is 0.464 e. The van der Waals surface area contributed by atoms with Crippen LogP contribution in [-0.4, -0.2) is 36.0 Å². The highest BCUT2D eigenvalue weighted by Crippen LogP contribution is 2.35. The van der Waals surface area contributed by atoms with E-state index in [0.29, 0.717) is 12.0 Å². The maximum Gasteiger partial charge on any atom is 0.310 e. The van der Waals surface area contributed by atoms with Gasteiger partial charge in [0.25, 0.3) is 5.91 Å². The third kappa shape index (κ3) is 3.87. The number of piperidine rings is 1. The van der Waals surface area contributed by atoms with Gasteiger partial charge >= 0.3 is 5.97 Å². The number of fused-ring (bicyclic) bond motifs is 2. The monoisotopic (exact) mass is 369 g/mol. The molecule has 4 rings (SSSR count). The van der Waals surface area contributed by atoms with Crippen molar-refractivity contribution in [1.82, 2.24) is 4.90 Å². The normalized spacial score (nSPS) is 22.5. The zero-order valence-corrected chi connectivity index (χ0v) is 15.9. The lowest BCUT2D eigenvalue weighted by molar-refractivity contribution is -0.154. The minimum Gasteiger partial charge on any atom is -0.464 e. The fraction of sp³-hybridized carbons (Fsp3) is 0.545. The van der Waals surface area contributed by atoms with Crippen LogP contribution in [0.1, 0.15) is 49.7 Å². The average molecular weight is 369 g/mol. The molecule has 0 spiro atoms. The summed E-state index contributed by atoms with van der Waals surface area (Å²) in [6.45, 7) is 2.64. The highest BCUT2D eigenvalue weighted by atomic mass is 16.5. The zero-order chi connectivity index (χ0) is 18.8. The number of carbonyl (C=O) groups excluding carboxylic acids is 2. The van der Waals surface area contributed by atoms with E-state index < -0.39 is 0 Å². The first-order chi connectivity index (χ1) is 13.1. The Morgan fingerprint density at radius 2 is 2.00 bits per heavy atom. The van der Waals surface area contributed by atoms with Crippen molar-refractivity contribution < 1.29 is 18.7 Å². The van der Waals surface area contributed by atoms with Crippen molar-refractivity contribution in [2.45, 2.75) is 57.9 Å². The Morgan fingerprint density at radius 3 is 2.89 bits per heavy atom. The first-order valence-electron chi connectivity index (χ1n) is 10.0. The van der Waals surface area contributed by atoms with Crippen LogP contribution in [0.4, 0.5) is 0 Å². The summed E-state index contributed by atoms with van der Waals surface area (Å²) in [5, 5.41) is 0.921. The van der Waals surface area contributed by atoms with Crippen LogP contribution < -0.4 is 0 Å². The zero-order valence-electron chi connectivity index (χ0n) is 15.9. The van der Waals surface area contributed by atoms with E-state index in [2.05, 4.69) is 0 Å². The van der Waals surface area contributed by atoms with Gasteiger partial charge in [-0.1, -0.05) is 25.0 Å². The highest BCUT2D eigenvalue weighted by molar-refractivity contribution is 5.87. The van der Waals surface area contributed by atoms with Gasteiger partial charge in [-0.2, -0.15) is 0 Å². The van der Waals surface area contributed by atoms with Crippen LogP contribution in [0.3, 0.4) is 0 Å². The van der Waals surface area contributed by atoms with Crippen molar-refractivity contribution in [2.75, 3.05) is 13.2 Å². The van der Waals surface area contributed by atoms with Crippen molar-refractivity contribution in [3.63, 3.8) is 0 Å². The summed E-state index contributed by atoms with van der Waals surface area (Å²) in [5.41, 5.74) is 2.68. The lowest BCUT2D eigenvalue weighted by Gasteiger charge is -2.44. The number of likely N-dealkylation sites (tertiary alicyclic amines) is 1. The summed E-state index contributed by atoms with van der Waals surface area (Å²) in [6.07, 6.45) is 8.78. The molecule has 0 radical (unpaired) electrons. The van der Waals surface area contributed by atoms with Gasteiger partial charge < -0.3 is 14.1 Å². The Bertz CT molecular complexity index is 838. The molecule has 5 heteroatoms. The predicted molar refractivity (Wildman–Crippen MR) is 102 cm³/mol. The maximum absolute atomic E-state index is 12.6. The van der Waals surface area contributed by atoms with Crippen LogP contribution in [0, 0.1) is 12.8 Å². The number of carbonyl (C=O) groups is 2. The van der Waals surface area contributed by atoms with Crippen LogP contribution >= 0.6 is 0 Å². The topological polar surface area (TPSA) is 59.8 Å². The molecule has 1 aliphatic heterocycles. The van der Waals surface area contributed by atoms with Crippen LogP contribution in [0.25, 0.3) is 11.0 Å². The first kappa shape index (κ1) is 18.1. The third-order valence-electron chi connectivity index (χ3n) is 6.07. The molecule has 1 saturated heterocycles. The number of aryl methyl sites for hydroxylation is 1. The number of amides is 1. The molecule has 1 aliphatic carbocycles. The molecule has 2 atom stereocenters. The standard InChI is InChI=1S/C22H27NO4/c1-15-8-9-18-17(13-26-20(18)11-15)12-22(25)27-14-21(24)23-10-4-6-16-5-2-3-7-19(16)23/h8-9,11,13,16,19H,2-7,10,12,14H2,1H3/t16-,19+/m0/s1. The quantitative estimate of drug-likeness (QED) is 0.764. The molecule has 0 unspecified atom stereocenters. The fourth-order valence-corrected chi connectivity index (χ4v) is 4.69. The van der Waals surface area contributed by atoms with Crippen molar-refractivity contribution in [2.24, 2.45) is 5.92 Å². The van der Waals surface area contributed by atoms with Crippen molar-refractivity contribution in [3.05, 3.63) is 35.6 Å². The van der Waals surface area contributed by atoms with Gasteiger partial charge in [-0.05, 0) is 50.2 Å². The van der Waals surface area contributed by atoms with Crippen LogP contribution in [0.5, 0.6) is 0 Å². The minimum atomic E-state index is -0.385. The number of benzene rings is 1. The summed E-state index contributed by atoms with van der Waals surface area (Å²) >= 11 is 0. The van der Waals surface area contributed by atoms with Crippen LogP contribution in [-0.2, 0) is 20.7 Å². The number of hydrogen-bond donors (Lipinski definition) is 0. The smallest absolute Gasteiger partial charge is 0.310 e. The molecular formula is C22H27NO4. The molecule has 1 saturated carbocycles. The van der Waals surface area contributed by atoms with E-state index in [1.807, 2.05) is 30.0 Å². The first-order valence-corrected chi connectivity index (χ1v) is 10.0. The van der Waals surface area contributed by atoms with E-state index >= 15 is 0 Å². The molecule has 2 aromatic rings. The number of furan rings is 1. The van der Waals surface area contributed by atoms with Crippen LogP contribution in [0.15, 0.2) is 28.9 Å². The summed E-state index contributed by atoms with van der Waals surface area (Å²) < 4.78 is 10.8. The Kier molecular flexibility index (Phi) is 5.19. The number of ether oxygens (including phenoxy) is 1. The van der Waals surface area contributed by atoms with Gasteiger partial charge in [0.15, 0.2) is 6.61 Å². The summed E-state index contributed by atoms with van der Waals surface area (Å²) in [5.74, 6) is 0.198. The van der Waals surface area contributed by atoms with Gasteiger partial charge in [0.1, 0.15) is 5.58 Å². The van der Waals surface area contributed by atoms with Gasteiger partial charge in [0.05, 0.1) is 12.7 Å². The average Bonchev–Trinajstić information content (AvgIpc) is 3.07. The van der Waals surface area contributed by atoms with E-state index in [1.54, 1.807) is 6.26 Å². The Hall–Kier alpha value is -2.30. The number of esters is 1. The minimum absolute atomic E-state index is 0.0485. The molecule has 0 N–H and O–H groups in total. The summed E-state index contributed by atoms with van der Waals surface area (Å²) in [6, 6.07) is 6.25. The van der Waals surface area contributed by atoms with E-state index in [9.17, 15) is 9.59 Å². The van der Waals surface area contributed by atoms with E-state index in [1.165, 1.54) is 25.7 Å². The Balaban J connectivity index is 1.33. The summed E-state index contributed by atoms with van der Waals surface area (Å²) in [7, 11) is 0. The molecule has 5 nitrogen and oxygen atoms in total. The second-order valence-electron chi connectivity index (χ2n) is 7.94. The molecular weight excluding hydrogens is 342 g/mol. The SMILES string of the molecule is Cc1ccc2c(CC(=O)OCC(=O)N3CCC[C@@H]4CCCC[C@H]43)coc2c1. The number of rotatable bonds is 4. The van der Waals surface area contributed by atoms with Gasteiger partial charge in [-0.3, -0.25) is 9.59 Å². The molecule has 0 bridgehead atoms. The molecule has 2 aliphatic rings. The van der Waals surface area contributed by atoms with Crippen molar-refractivity contribution >= 4 is 22.8 Å². The van der Waals surface area contributed by atoms with E-state index in [-0.39, 0.29) is 24.9 Å². The lowest BCUT2D eigenvalue weighted by atomic mass is 9.78. The van der Waals surface area contributed by atoms with Gasteiger partial charge in [0.2, 0.25) is 0 Å². The van der Waals surface area contributed by atoms with Crippen molar-refractivity contribution in [1.29, 1.82) is 0 Å². The second-order valence-corrected chi connectivity index (χ2v) is 7.94. The summed E-state index contributed by atoms with van der Waals surface area (Å²) in [4.78, 5) is 26.9. The molecule has 2 fully saturated rings. The van der Waals surface area contributed by atoms with Crippen LogP contribution in [0.2, 0.25) is 0 Å². The predicted octanol–water partition coefficient (Wildman–Crippen LogP) is 4.01. The molecule has 1 aromatic carbocycles. The van der Waals surface area contributed by atoms with Gasteiger partial charge in [0, 0.05) is 23.5 Å². The highest BCUT2D eigenvalue weighted by Gasteiger charge is 2.35. The van der Waals surface area contributed by atoms with E-state index in [4.69, 9.17) is 9.15 Å². The number of nitrogens with zero attached hydrogens (tertiary/aromatic N) is 1. The molecule has 1 amide bonds. The molecule has 144 valence electrons. The Morgan fingerprint density at radius 1 is 1.19 bits per heavy atom. The lowest BCUT2D eigenvalue weighted by Crippen LogP contribution is -2.50. The number of hydrogen-bond acceptors (Lipinski definition) is 4.